The van der Waals surface area contributed by atoms with Gasteiger partial charge in [0, 0.05) is 6.61 Å². The molecule has 0 fully saturated rings. The first kappa shape index (κ1) is 15.6. The van der Waals surface area contributed by atoms with Crippen LogP contribution < -0.4 is 11.3 Å². The van der Waals surface area contributed by atoms with Crippen molar-refractivity contribution in [2.24, 2.45) is 11.8 Å². The molecule has 0 aliphatic carbocycles. The minimum absolute atomic E-state index is 0.0547. The van der Waals surface area contributed by atoms with Gasteiger partial charge in [-0.15, -0.1) is 5.10 Å². The maximum Gasteiger partial charge on any atom is 0.0913 e. The minimum atomic E-state index is -0.180. The predicted molar refractivity (Wildman–Crippen MR) is 81.7 cm³/mol. The van der Waals surface area contributed by atoms with Gasteiger partial charge in [-0.3, -0.25) is 5.84 Å². The zero-order chi connectivity index (χ0) is 15.2. The van der Waals surface area contributed by atoms with E-state index in [0.29, 0.717) is 12.5 Å². The van der Waals surface area contributed by atoms with Crippen molar-refractivity contribution in [1.82, 2.24) is 20.4 Å². The van der Waals surface area contributed by atoms with Crippen LogP contribution in [0.25, 0.3) is 5.69 Å². The molecule has 0 radical (unpaired) electrons. The first-order valence-electron chi connectivity index (χ1n) is 7.22. The summed E-state index contributed by atoms with van der Waals surface area (Å²) in [6, 6.07) is 9.69. The maximum atomic E-state index is 5.86. The van der Waals surface area contributed by atoms with Crippen molar-refractivity contribution in [2.45, 2.75) is 32.9 Å². The summed E-state index contributed by atoms with van der Waals surface area (Å²) >= 11 is 0. The highest BCUT2D eigenvalue weighted by Crippen LogP contribution is 2.25. The fourth-order valence-electron chi connectivity index (χ4n) is 2.44. The van der Waals surface area contributed by atoms with Gasteiger partial charge in [-0.1, -0.05) is 37.3 Å². The van der Waals surface area contributed by atoms with E-state index >= 15 is 0 Å². The molecule has 2 rings (SSSR count). The zero-order valence-electron chi connectivity index (χ0n) is 12.7. The molecule has 0 saturated heterocycles. The number of benzene rings is 1. The van der Waals surface area contributed by atoms with E-state index < -0.39 is 0 Å². The molecular formula is C15H23N5O. The Kier molecular flexibility index (Phi) is 5.44. The third-order valence-corrected chi connectivity index (χ3v) is 3.42. The first-order valence-corrected chi connectivity index (χ1v) is 7.22. The molecule has 1 heterocycles. The second-order valence-corrected chi connectivity index (χ2v) is 5.21. The van der Waals surface area contributed by atoms with Gasteiger partial charge in [-0.05, 0) is 25.0 Å². The molecule has 2 aromatic rings. The number of nitrogens with one attached hydrogen (secondary N) is 1. The molecule has 1 aromatic heterocycles. The molecule has 1 aromatic carbocycles. The average Bonchev–Trinajstić information content (AvgIpc) is 2.97. The molecule has 2 atom stereocenters. The molecule has 6 heteroatoms. The van der Waals surface area contributed by atoms with E-state index in [9.17, 15) is 0 Å². The van der Waals surface area contributed by atoms with Crippen LogP contribution in [0.2, 0.25) is 0 Å². The van der Waals surface area contributed by atoms with E-state index in [2.05, 4.69) is 29.6 Å². The number of hydrogen-bond acceptors (Lipinski definition) is 5. The number of hydrogen-bond donors (Lipinski definition) is 2. The number of rotatable bonds is 7. The number of nitrogens with two attached hydrogens (primary N) is 1. The second kappa shape index (κ2) is 7.31. The van der Waals surface area contributed by atoms with Crippen molar-refractivity contribution in [3.8, 4) is 5.69 Å². The molecule has 21 heavy (non-hydrogen) atoms. The van der Waals surface area contributed by atoms with E-state index in [4.69, 9.17) is 10.6 Å². The minimum Gasteiger partial charge on any atom is -0.376 e. The quantitative estimate of drug-likeness (QED) is 0.600. The summed E-state index contributed by atoms with van der Waals surface area (Å²) in [5.41, 5.74) is 4.69. The largest absolute Gasteiger partial charge is 0.376 e. The van der Waals surface area contributed by atoms with E-state index in [1.807, 2.05) is 37.3 Å². The summed E-state index contributed by atoms with van der Waals surface area (Å²) in [6.45, 7) is 6.84. The molecule has 2 unspecified atom stereocenters. The lowest BCUT2D eigenvalue weighted by molar-refractivity contribution is 0.00122. The van der Waals surface area contributed by atoms with Crippen molar-refractivity contribution < 1.29 is 4.74 Å². The van der Waals surface area contributed by atoms with Gasteiger partial charge < -0.3 is 4.74 Å². The molecule has 0 saturated carbocycles. The van der Waals surface area contributed by atoms with E-state index in [1.165, 1.54) is 0 Å². The molecule has 0 spiro atoms. The smallest absolute Gasteiger partial charge is 0.0913 e. The highest BCUT2D eigenvalue weighted by Gasteiger charge is 2.29. The van der Waals surface area contributed by atoms with Gasteiger partial charge in [0.25, 0.3) is 0 Å². The molecule has 0 aliphatic heterocycles. The molecular weight excluding hydrogens is 266 g/mol. The lowest BCUT2D eigenvalue weighted by atomic mass is 9.97. The highest BCUT2D eigenvalue weighted by atomic mass is 16.5. The number of hydrazine groups is 1. The molecule has 0 amide bonds. The van der Waals surface area contributed by atoms with Crippen molar-refractivity contribution >= 4 is 0 Å². The normalized spacial score (nSPS) is 14.3. The van der Waals surface area contributed by atoms with E-state index in [0.717, 1.165) is 11.4 Å². The Balaban J connectivity index is 2.37. The predicted octanol–water partition coefficient (Wildman–Crippen LogP) is 1.83. The Morgan fingerprint density at radius 3 is 2.57 bits per heavy atom. The fourth-order valence-corrected chi connectivity index (χ4v) is 2.44. The van der Waals surface area contributed by atoms with Crippen LogP contribution in [0, 0.1) is 5.92 Å². The monoisotopic (exact) mass is 289 g/mol. The Morgan fingerprint density at radius 1 is 1.29 bits per heavy atom. The van der Waals surface area contributed by atoms with Gasteiger partial charge in [-0.25, -0.2) is 10.1 Å². The van der Waals surface area contributed by atoms with E-state index in [1.54, 1.807) is 10.9 Å². The standard InChI is InChI=1S/C15H23N5O/c1-4-21-15(11(2)3)14(18-16)13-10-17-19-20(13)12-8-6-5-7-9-12/h5-11,14-15,18H,4,16H2,1-3H3. The third-order valence-electron chi connectivity index (χ3n) is 3.42. The van der Waals surface area contributed by atoms with Crippen LogP contribution in [0.1, 0.15) is 32.5 Å². The molecule has 114 valence electrons. The maximum absolute atomic E-state index is 5.86. The van der Waals surface area contributed by atoms with Crippen LogP contribution in [0.4, 0.5) is 0 Å². The topological polar surface area (TPSA) is 78.0 Å². The van der Waals surface area contributed by atoms with Crippen LogP contribution in [0.3, 0.4) is 0 Å². The average molecular weight is 289 g/mol. The SMILES string of the molecule is CCOC(C(C)C)C(NN)c1cnnn1-c1ccccc1. The number of para-hydroxylation sites is 1. The Hall–Kier alpha value is -1.76. The van der Waals surface area contributed by atoms with Gasteiger partial charge in [-0.2, -0.15) is 0 Å². The van der Waals surface area contributed by atoms with Gasteiger partial charge in [0.15, 0.2) is 0 Å². The molecule has 3 N–H and O–H groups in total. The Bertz CT molecular complexity index is 540. The fraction of sp³-hybridized carbons (Fsp3) is 0.467. The number of ether oxygens (including phenoxy) is 1. The van der Waals surface area contributed by atoms with Crippen LogP contribution >= 0.6 is 0 Å². The van der Waals surface area contributed by atoms with Crippen LogP contribution in [-0.2, 0) is 4.74 Å². The lowest BCUT2D eigenvalue weighted by Gasteiger charge is -2.29. The summed E-state index contributed by atoms with van der Waals surface area (Å²) in [5, 5.41) is 8.20. The summed E-state index contributed by atoms with van der Waals surface area (Å²) in [6.07, 6.45) is 1.67. The van der Waals surface area contributed by atoms with Gasteiger partial charge in [0.1, 0.15) is 0 Å². The Labute approximate surface area is 125 Å². The summed E-state index contributed by atoms with van der Waals surface area (Å²) in [4.78, 5) is 0. The third kappa shape index (κ3) is 3.47. The van der Waals surface area contributed by atoms with Crippen molar-refractivity contribution in [2.75, 3.05) is 6.61 Å². The van der Waals surface area contributed by atoms with E-state index in [-0.39, 0.29) is 12.1 Å². The summed E-state index contributed by atoms with van der Waals surface area (Å²) < 4.78 is 7.65. The highest BCUT2D eigenvalue weighted by molar-refractivity contribution is 5.32. The Morgan fingerprint density at radius 2 is 2.00 bits per heavy atom. The van der Waals surface area contributed by atoms with Gasteiger partial charge in [0.05, 0.1) is 29.7 Å². The molecule has 0 bridgehead atoms. The molecule has 0 aliphatic rings. The molecule has 6 nitrogen and oxygen atoms in total. The van der Waals surface area contributed by atoms with Gasteiger partial charge in [0.2, 0.25) is 0 Å². The van der Waals surface area contributed by atoms with Crippen LogP contribution in [0.15, 0.2) is 36.5 Å². The van der Waals surface area contributed by atoms with Crippen LogP contribution in [0.5, 0.6) is 0 Å². The summed E-state index contributed by atoms with van der Waals surface area (Å²) in [5.74, 6) is 6.09. The van der Waals surface area contributed by atoms with Crippen LogP contribution in [-0.4, -0.2) is 27.7 Å². The van der Waals surface area contributed by atoms with Crippen molar-refractivity contribution in [3.63, 3.8) is 0 Å². The lowest BCUT2D eigenvalue weighted by Crippen LogP contribution is -2.41. The first-order chi connectivity index (χ1) is 10.2. The summed E-state index contributed by atoms with van der Waals surface area (Å²) in [7, 11) is 0. The van der Waals surface area contributed by atoms with Crippen molar-refractivity contribution in [3.05, 3.63) is 42.2 Å². The van der Waals surface area contributed by atoms with Gasteiger partial charge >= 0.3 is 0 Å². The number of aromatic nitrogens is 3. The zero-order valence-corrected chi connectivity index (χ0v) is 12.7. The second-order valence-electron chi connectivity index (χ2n) is 5.21. The number of nitrogens with zero attached hydrogens (tertiary/aromatic N) is 3. The van der Waals surface area contributed by atoms with Crippen molar-refractivity contribution in [1.29, 1.82) is 0 Å².